The van der Waals surface area contributed by atoms with Gasteiger partial charge in [0.05, 0.1) is 12.0 Å². The molecule has 4 aliphatic carbocycles. The molecule has 0 aromatic heterocycles. The van der Waals surface area contributed by atoms with Crippen molar-refractivity contribution >= 4 is 5.91 Å². The molecule has 4 fully saturated rings. The fourth-order valence-electron chi connectivity index (χ4n) is 5.54. The van der Waals surface area contributed by atoms with Crippen LogP contribution in [-0.2, 0) is 4.79 Å². The van der Waals surface area contributed by atoms with Crippen LogP contribution in [0.2, 0.25) is 0 Å². The van der Waals surface area contributed by atoms with Crippen LogP contribution in [0.3, 0.4) is 0 Å². The highest BCUT2D eigenvalue weighted by molar-refractivity contribution is 5.76. The third-order valence-electron chi connectivity index (χ3n) is 5.86. The van der Waals surface area contributed by atoms with Crippen molar-refractivity contribution in [3.8, 4) is 6.07 Å². The van der Waals surface area contributed by atoms with Gasteiger partial charge in [-0.1, -0.05) is 0 Å². The number of nitriles is 1. The van der Waals surface area contributed by atoms with Crippen molar-refractivity contribution in [1.82, 2.24) is 4.90 Å². The van der Waals surface area contributed by atoms with E-state index >= 15 is 0 Å². The number of amides is 1. The van der Waals surface area contributed by atoms with Gasteiger partial charge in [-0.3, -0.25) is 4.79 Å². The van der Waals surface area contributed by atoms with Crippen LogP contribution < -0.4 is 0 Å². The average Bonchev–Trinajstić information content (AvgIpc) is 2.36. The van der Waals surface area contributed by atoms with Crippen molar-refractivity contribution in [2.24, 2.45) is 29.1 Å². The van der Waals surface area contributed by atoms with E-state index in [1.165, 1.54) is 38.5 Å². The molecule has 0 saturated heterocycles. The zero-order valence-electron chi connectivity index (χ0n) is 12.8. The molecule has 0 heterocycles. The second-order valence-electron chi connectivity index (χ2n) is 7.90. The summed E-state index contributed by atoms with van der Waals surface area (Å²) in [7, 11) is 1.94. The Kier molecular flexibility index (Phi) is 3.52. The van der Waals surface area contributed by atoms with E-state index in [4.69, 9.17) is 5.26 Å². The van der Waals surface area contributed by atoms with Crippen LogP contribution in [0.1, 0.15) is 51.9 Å². The summed E-state index contributed by atoms with van der Waals surface area (Å²) in [6.07, 6.45) is 8.73. The maximum absolute atomic E-state index is 12.2. The lowest BCUT2D eigenvalue weighted by Crippen LogP contribution is -2.51. The van der Waals surface area contributed by atoms with Crippen LogP contribution in [0.4, 0.5) is 0 Å². The van der Waals surface area contributed by atoms with Gasteiger partial charge in [0.15, 0.2) is 0 Å². The lowest BCUT2D eigenvalue weighted by Gasteiger charge is -2.57. The number of hydrogen-bond donors (Lipinski definition) is 0. The zero-order valence-corrected chi connectivity index (χ0v) is 12.8. The predicted octanol–water partition coefficient (Wildman–Crippen LogP) is 3.21. The fourth-order valence-corrected chi connectivity index (χ4v) is 5.54. The highest BCUT2D eigenvalue weighted by Gasteiger charge is 2.51. The Bertz CT molecular complexity index is 401. The Balaban J connectivity index is 1.62. The Morgan fingerprint density at radius 3 is 2.20 bits per heavy atom. The third-order valence-corrected chi connectivity index (χ3v) is 5.86. The standard InChI is InChI=1S/C17H26N2O/c1-12(10-18)3-16(20)19(2)11-17-7-13-4-14(8-17)6-15(5-13)9-17/h12-15H,3-9,11H2,1-2H3. The molecule has 110 valence electrons. The van der Waals surface area contributed by atoms with Crippen LogP contribution in [0.25, 0.3) is 0 Å². The molecule has 20 heavy (non-hydrogen) atoms. The van der Waals surface area contributed by atoms with Crippen molar-refractivity contribution in [2.75, 3.05) is 13.6 Å². The third kappa shape index (κ3) is 2.57. The van der Waals surface area contributed by atoms with Crippen LogP contribution in [-0.4, -0.2) is 24.4 Å². The van der Waals surface area contributed by atoms with E-state index < -0.39 is 0 Å². The van der Waals surface area contributed by atoms with Gasteiger partial charge in [-0.2, -0.15) is 5.26 Å². The van der Waals surface area contributed by atoms with Crippen molar-refractivity contribution in [2.45, 2.75) is 51.9 Å². The minimum absolute atomic E-state index is 0.148. The molecule has 0 radical (unpaired) electrons. The molecule has 0 aromatic carbocycles. The van der Waals surface area contributed by atoms with Crippen LogP contribution in [0.5, 0.6) is 0 Å². The molecule has 4 rings (SSSR count). The molecule has 0 aliphatic heterocycles. The first-order valence-electron chi connectivity index (χ1n) is 8.13. The highest BCUT2D eigenvalue weighted by Crippen LogP contribution is 2.60. The van der Waals surface area contributed by atoms with E-state index in [0.29, 0.717) is 11.8 Å². The highest BCUT2D eigenvalue weighted by atomic mass is 16.2. The van der Waals surface area contributed by atoms with Crippen LogP contribution in [0.15, 0.2) is 0 Å². The quantitative estimate of drug-likeness (QED) is 0.790. The molecule has 4 aliphatic rings. The minimum Gasteiger partial charge on any atom is -0.345 e. The summed E-state index contributed by atoms with van der Waals surface area (Å²) in [5.74, 6) is 2.78. The first-order valence-corrected chi connectivity index (χ1v) is 8.13. The zero-order chi connectivity index (χ0) is 14.3. The largest absolute Gasteiger partial charge is 0.345 e. The molecule has 3 heteroatoms. The van der Waals surface area contributed by atoms with Gasteiger partial charge >= 0.3 is 0 Å². The SMILES string of the molecule is CC(C#N)CC(=O)N(C)CC12CC3CC(CC(C3)C1)C2. The first kappa shape index (κ1) is 13.9. The second-order valence-corrected chi connectivity index (χ2v) is 7.90. The smallest absolute Gasteiger partial charge is 0.223 e. The Morgan fingerprint density at radius 2 is 1.75 bits per heavy atom. The molecule has 4 saturated carbocycles. The molecule has 4 bridgehead atoms. The number of hydrogen-bond acceptors (Lipinski definition) is 2. The van der Waals surface area contributed by atoms with Crippen molar-refractivity contribution in [1.29, 1.82) is 5.26 Å². The Morgan fingerprint density at radius 1 is 1.25 bits per heavy atom. The average molecular weight is 274 g/mol. The predicted molar refractivity (Wildman–Crippen MR) is 77.6 cm³/mol. The minimum atomic E-state index is -0.165. The second kappa shape index (κ2) is 5.06. The fraction of sp³-hybridized carbons (Fsp3) is 0.882. The molecule has 3 nitrogen and oxygen atoms in total. The van der Waals surface area contributed by atoms with E-state index in [9.17, 15) is 4.79 Å². The first-order chi connectivity index (χ1) is 9.49. The topological polar surface area (TPSA) is 44.1 Å². The monoisotopic (exact) mass is 274 g/mol. The van der Waals surface area contributed by atoms with Crippen molar-refractivity contribution in [3.05, 3.63) is 0 Å². The summed E-state index contributed by atoms with van der Waals surface area (Å²) in [5.41, 5.74) is 0.412. The van der Waals surface area contributed by atoms with Gasteiger partial charge in [-0.25, -0.2) is 0 Å². The lowest BCUT2D eigenvalue weighted by molar-refractivity contribution is -0.135. The maximum Gasteiger partial charge on any atom is 0.223 e. The normalized spacial score (nSPS) is 39.4. The summed E-state index contributed by atoms with van der Waals surface area (Å²) in [6.45, 7) is 2.75. The van der Waals surface area contributed by atoms with E-state index in [2.05, 4.69) is 6.07 Å². The summed E-state index contributed by atoms with van der Waals surface area (Å²) in [4.78, 5) is 14.1. The number of carbonyl (C=O) groups excluding carboxylic acids is 1. The maximum atomic E-state index is 12.2. The Hall–Kier alpha value is -1.04. The molecular weight excluding hydrogens is 248 g/mol. The van der Waals surface area contributed by atoms with Gasteiger partial charge in [0, 0.05) is 20.0 Å². The lowest BCUT2D eigenvalue weighted by atomic mass is 9.49. The summed E-state index contributed by atoms with van der Waals surface area (Å²) >= 11 is 0. The van der Waals surface area contributed by atoms with Gasteiger partial charge in [0.2, 0.25) is 5.91 Å². The number of rotatable bonds is 4. The van der Waals surface area contributed by atoms with Crippen LogP contribution >= 0.6 is 0 Å². The van der Waals surface area contributed by atoms with Crippen molar-refractivity contribution in [3.63, 3.8) is 0 Å². The van der Waals surface area contributed by atoms with E-state index in [-0.39, 0.29) is 11.8 Å². The van der Waals surface area contributed by atoms with E-state index in [1.54, 1.807) is 0 Å². The van der Waals surface area contributed by atoms with E-state index in [1.807, 2.05) is 18.9 Å². The molecule has 1 unspecified atom stereocenters. The summed E-state index contributed by atoms with van der Waals surface area (Å²) in [5, 5.41) is 8.85. The molecule has 1 amide bonds. The van der Waals surface area contributed by atoms with Gasteiger partial charge < -0.3 is 4.90 Å². The summed E-state index contributed by atoms with van der Waals surface area (Å²) in [6, 6.07) is 2.16. The van der Waals surface area contributed by atoms with E-state index in [0.717, 1.165) is 24.3 Å². The molecule has 0 N–H and O–H groups in total. The molecule has 0 aromatic rings. The number of carbonyl (C=O) groups is 1. The number of nitrogens with zero attached hydrogens (tertiary/aromatic N) is 2. The van der Waals surface area contributed by atoms with Gasteiger partial charge in [0.25, 0.3) is 0 Å². The molecule has 1 atom stereocenters. The van der Waals surface area contributed by atoms with Crippen molar-refractivity contribution < 1.29 is 4.79 Å². The molecular formula is C17H26N2O. The Labute approximate surface area is 122 Å². The molecule has 0 spiro atoms. The van der Waals surface area contributed by atoms with Gasteiger partial charge in [0.1, 0.15) is 0 Å². The van der Waals surface area contributed by atoms with Gasteiger partial charge in [-0.05, 0) is 68.6 Å². The summed E-state index contributed by atoms with van der Waals surface area (Å²) < 4.78 is 0. The van der Waals surface area contributed by atoms with Gasteiger partial charge in [-0.15, -0.1) is 0 Å². The van der Waals surface area contributed by atoms with Crippen LogP contribution in [0, 0.1) is 40.4 Å².